The van der Waals surface area contributed by atoms with Gasteiger partial charge in [0.2, 0.25) is 0 Å². The zero-order chi connectivity index (χ0) is 23.3. The molecule has 3 rings (SSSR count). The molecule has 0 saturated heterocycles. The summed E-state index contributed by atoms with van der Waals surface area (Å²) in [7, 11) is 0. The van der Waals surface area contributed by atoms with Crippen molar-refractivity contribution in [3.05, 3.63) is 65.7 Å². The predicted molar refractivity (Wildman–Crippen MR) is 123 cm³/mol. The van der Waals surface area contributed by atoms with Gasteiger partial charge in [0, 0.05) is 18.1 Å². The third-order valence-electron chi connectivity index (χ3n) is 5.86. The molecule has 0 radical (unpaired) electrons. The first kappa shape index (κ1) is 23.7. The molecule has 0 amide bonds. The van der Waals surface area contributed by atoms with Crippen LogP contribution in [0.4, 0.5) is 5.69 Å². The Labute approximate surface area is 189 Å². The van der Waals surface area contributed by atoms with Crippen molar-refractivity contribution in [2.24, 2.45) is 16.8 Å². The van der Waals surface area contributed by atoms with E-state index in [0.717, 1.165) is 11.1 Å². The van der Waals surface area contributed by atoms with E-state index in [1.165, 1.54) is 0 Å². The van der Waals surface area contributed by atoms with E-state index >= 15 is 0 Å². The van der Waals surface area contributed by atoms with Crippen LogP contribution in [0.3, 0.4) is 0 Å². The van der Waals surface area contributed by atoms with Crippen LogP contribution in [-0.2, 0) is 19.1 Å². The van der Waals surface area contributed by atoms with Gasteiger partial charge in [0.05, 0.1) is 30.4 Å². The summed E-state index contributed by atoms with van der Waals surface area (Å²) in [6.07, 6.45) is 0.0527. The van der Waals surface area contributed by atoms with Crippen molar-refractivity contribution < 1.29 is 24.2 Å². The summed E-state index contributed by atoms with van der Waals surface area (Å²) in [5, 5.41) is 11.5. The van der Waals surface area contributed by atoms with E-state index in [4.69, 9.17) is 14.5 Å². The fourth-order valence-corrected chi connectivity index (χ4v) is 4.47. The molecule has 1 aliphatic carbocycles. The lowest BCUT2D eigenvalue weighted by molar-refractivity contribution is -0.163. The second kappa shape index (κ2) is 10.1. The van der Waals surface area contributed by atoms with Gasteiger partial charge in [0.1, 0.15) is 5.92 Å². The van der Waals surface area contributed by atoms with E-state index < -0.39 is 35.3 Å². The Hall–Kier alpha value is -2.99. The van der Waals surface area contributed by atoms with Crippen molar-refractivity contribution >= 4 is 23.3 Å². The summed E-state index contributed by atoms with van der Waals surface area (Å²) in [6, 6.07) is 16.9. The molecular formula is C26H31NO5. The molecule has 0 spiro atoms. The minimum absolute atomic E-state index is 0.0527. The largest absolute Gasteiger partial charge is 0.466 e. The Kier molecular flexibility index (Phi) is 7.46. The third kappa shape index (κ3) is 5.07. The normalized spacial score (nSPS) is 26.5. The lowest BCUT2D eigenvalue weighted by Gasteiger charge is -2.45. The average molecular weight is 438 g/mol. The van der Waals surface area contributed by atoms with E-state index in [9.17, 15) is 14.7 Å². The Bertz CT molecular complexity index is 965. The Balaban J connectivity index is 2.20. The highest BCUT2D eigenvalue weighted by Gasteiger charge is 2.56. The molecule has 0 aliphatic heterocycles. The van der Waals surface area contributed by atoms with Crippen molar-refractivity contribution in [1.82, 2.24) is 0 Å². The van der Waals surface area contributed by atoms with Gasteiger partial charge in [-0.3, -0.25) is 14.6 Å². The second-order valence-electron chi connectivity index (χ2n) is 8.37. The standard InChI is InChI=1S/C26H31NO5/c1-5-31-24(28)22-20(27-19-14-12-17(3)13-15-19)16-26(4,30)23(25(29)32-6-2)21(22)18-10-8-7-9-11-18/h7-15,21-23,30H,5-6,16H2,1-4H3. The number of nitrogens with zero attached hydrogens (tertiary/aromatic N) is 1. The minimum atomic E-state index is -1.46. The summed E-state index contributed by atoms with van der Waals surface area (Å²) in [6.45, 7) is 7.44. The quantitative estimate of drug-likeness (QED) is 0.679. The number of carbonyl (C=O) groups excluding carboxylic acids is 2. The number of carbonyl (C=O) groups is 2. The topological polar surface area (TPSA) is 85.2 Å². The van der Waals surface area contributed by atoms with Gasteiger partial charge in [-0.1, -0.05) is 48.0 Å². The van der Waals surface area contributed by atoms with Crippen LogP contribution in [0.1, 0.15) is 44.2 Å². The molecule has 0 aromatic heterocycles. The highest BCUT2D eigenvalue weighted by atomic mass is 16.5. The minimum Gasteiger partial charge on any atom is -0.466 e. The monoisotopic (exact) mass is 437 g/mol. The molecule has 1 N–H and O–H groups in total. The highest BCUT2D eigenvalue weighted by molar-refractivity contribution is 6.06. The van der Waals surface area contributed by atoms with Crippen LogP contribution in [0.15, 0.2) is 59.6 Å². The number of aliphatic imine (C=N–C) groups is 1. The maximum atomic E-state index is 13.2. The molecule has 2 aromatic carbocycles. The van der Waals surface area contributed by atoms with E-state index in [-0.39, 0.29) is 19.6 Å². The average Bonchev–Trinajstić information content (AvgIpc) is 2.75. The fourth-order valence-electron chi connectivity index (χ4n) is 4.47. The second-order valence-corrected chi connectivity index (χ2v) is 8.37. The van der Waals surface area contributed by atoms with Gasteiger partial charge in [-0.15, -0.1) is 0 Å². The maximum Gasteiger partial charge on any atom is 0.315 e. The summed E-state index contributed by atoms with van der Waals surface area (Å²) >= 11 is 0. The third-order valence-corrected chi connectivity index (χ3v) is 5.86. The molecule has 1 fully saturated rings. The molecule has 32 heavy (non-hydrogen) atoms. The molecule has 1 saturated carbocycles. The van der Waals surface area contributed by atoms with Crippen LogP contribution in [0.25, 0.3) is 0 Å². The van der Waals surface area contributed by atoms with Crippen molar-refractivity contribution in [2.75, 3.05) is 13.2 Å². The van der Waals surface area contributed by atoms with Gasteiger partial charge in [0.25, 0.3) is 0 Å². The van der Waals surface area contributed by atoms with Crippen LogP contribution in [0.5, 0.6) is 0 Å². The lowest BCUT2D eigenvalue weighted by atomic mass is 9.61. The van der Waals surface area contributed by atoms with Gasteiger partial charge < -0.3 is 14.6 Å². The van der Waals surface area contributed by atoms with E-state index in [1.807, 2.05) is 61.5 Å². The molecule has 6 heteroatoms. The van der Waals surface area contributed by atoms with Crippen LogP contribution in [-0.4, -0.2) is 41.6 Å². The van der Waals surface area contributed by atoms with Crippen LogP contribution in [0.2, 0.25) is 0 Å². The van der Waals surface area contributed by atoms with Gasteiger partial charge in [-0.2, -0.15) is 0 Å². The lowest BCUT2D eigenvalue weighted by Crippen LogP contribution is -2.55. The molecule has 6 nitrogen and oxygen atoms in total. The van der Waals surface area contributed by atoms with Gasteiger partial charge in [-0.25, -0.2) is 0 Å². The molecule has 0 heterocycles. The molecule has 170 valence electrons. The number of benzene rings is 2. The predicted octanol–water partition coefficient (Wildman–Crippen LogP) is 4.36. The summed E-state index contributed by atoms with van der Waals surface area (Å²) in [4.78, 5) is 31.0. The zero-order valence-corrected chi connectivity index (χ0v) is 19.1. The van der Waals surface area contributed by atoms with Crippen molar-refractivity contribution in [3.63, 3.8) is 0 Å². The smallest absolute Gasteiger partial charge is 0.315 e. The van der Waals surface area contributed by atoms with Crippen LogP contribution in [0, 0.1) is 18.8 Å². The molecule has 1 aliphatic rings. The highest BCUT2D eigenvalue weighted by Crippen LogP contribution is 2.47. The number of aliphatic hydroxyl groups is 1. The summed E-state index contributed by atoms with van der Waals surface area (Å²) in [5.74, 6) is -3.45. The molecule has 4 unspecified atom stereocenters. The van der Waals surface area contributed by atoms with Crippen molar-refractivity contribution in [2.45, 2.75) is 45.6 Å². The van der Waals surface area contributed by atoms with E-state index in [0.29, 0.717) is 11.4 Å². The number of ether oxygens (including phenoxy) is 2. The number of rotatable bonds is 6. The first-order valence-electron chi connectivity index (χ1n) is 11.0. The Morgan fingerprint density at radius 2 is 1.59 bits per heavy atom. The first-order valence-corrected chi connectivity index (χ1v) is 11.0. The molecular weight excluding hydrogens is 406 g/mol. The summed E-state index contributed by atoms with van der Waals surface area (Å²) in [5.41, 5.74) is 1.55. The van der Waals surface area contributed by atoms with E-state index in [2.05, 4.69) is 0 Å². The fraction of sp³-hybridized carbons (Fsp3) is 0.423. The molecule has 2 aromatic rings. The molecule has 4 atom stereocenters. The van der Waals surface area contributed by atoms with Crippen molar-refractivity contribution in [3.8, 4) is 0 Å². The Morgan fingerprint density at radius 1 is 1.00 bits per heavy atom. The maximum absolute atomic E-state index is 13.2. The first-order chi connectivity index (χ1) is 15.3. The SMILES string of the molecule is CCOC(=O)C1C(=Nc2ccc(C)cc2)CC(C)(O)C(C(=O)OCC)C1c1ccccc1. The number of hydrogen-bond acceptors (Lipinski definition) is 6. The number of esters is 2. The van der Waals surface area contributed by atoms with E-state index in [1.54, 1.807) is 20.8 Å². The molecule has 0 bridgehead atoms. The van der Waals surface area contributed by atoms with Gasteiger partial charge >= 0.3 is 11.9 Å². The Morgan fingerprint density at radius 3 is 2.19 bits per heavy atom. The van der Waals surface area contributed by atoms with Gasteiger partial charge in [0.15, 0.2) is 0 Å². The van der Waals surface area contributed by atoms with Gasteiger partial charge in [-0.05, 0) is 45.4 Å². The van der Waals surface area contributed by atoms with Crippen molar-refractivity contribution in [1.29, 1.82) is 0 Å². The number of hydrogen-bond donors (Lipinski definition) is 1. The van der Waals surface area contributed by atoms with Crippen LogP contribution >= 0.6 is 0 Å². The summed E-state index contributed by atoms with van der Waals surface area (Å²) < 4.78 is 10.8. The number of aryl methyl sites for hydroxylation is 1. The van der Waals surface area contributed by atoms with Crippen LogP contribution < -0.4 is 0 Å². The zero-order valence-electron chi connectivity index (χ0n) is 19.1.